The summed E-state index contributed by atoms with van der Waals surface area (Å²) in [7, 11) is 0. The van der Waals surface area contributed by atoms with Crippen LogP contribution in [-0.2, 0) is 17.9 Å². The van der Waals surface area contributed by atoms with Crippen molar-refractivity contribution in [2.45, 2.75) is 38.8 Å². The topological polar surface area (TPSA) is 20.3 Å². The second kappa shape index (κ2) is 9.48. The van der Waals surface area contributed by atoms with E-state index in [1.165, 1.54) is 0 Å². The third kappa shape index (κ3) is 6.00. The van der Waals surface area contributed by atoms with Crippen LogP contribution in [0.1, 0.15) is 36.8 Å². The van der Waals surface area contributed by atoms with Crippen LogP contribution in [0.25, 0.3) is 0 Å². The molecule has 0 saturated heterocycles. The highest BCUT2D eigenvalue weighted by Gasteiger charge is 2.14. The highest BCUT2D eigenvalue weighted by atomic mass is 16.2. The molecule has 0 fully saturated rings. The molecule has 0 radical (unpaired) electrons. The summed E-state index contributed by atoms with van der Waals surface area (Å²) in [5, 5.41) is 0. The van der Waals surface area contributed by atoms with Crippen molar-refractivity contribution < 1.29 is 4.79 Å². The van der Waals surface area contributed by atoms with Crippen molar-refractivity contribution in [1.82, 2.24) is 4.90 Å². The molecule has 2 rings (SSSR count). The average Bonchev–Trinajstić information content (AvgIpc) is 2.60. The Morgan fingerprint density at radius 2 is 1.39 bits per heavy atom. The van der Waals surface area contributed by atoms with Crippen LogP contribution in [0.15, 0.2) is 60.7 Å². The maximum Gasteiger partial charge on any atom is 0.223 e. The van der Waals surface area contributed by atoms with Gasteiger partial charge in [-0.3, -0.25) is 4.79 Å². The molecule has 0 aliphatic heterocycles. The molecule has 2 nitrogen and oxygen atoms in total. The van der Waals surface area contributed by atoms with Gasteiger partial charge in [-0.05, 0) is 24.0 Å². The Bertz CT molecular complexity index is 586. The zero-order valence-corrected chi connectivity index (χ0v) is 13.4. The summed E-state index contributed by atoms with van der Waals surface area (Å²) in [6.07, 6.45) is 8.32. The number of benzene rings is 2. The number of nitrogens with zero attached hydrogens (tertiary/aromatic N) is 1. The zero-order valence-electron chi connectivity index (χ0n) is 13.4. The summed E-state index contributed by atoms with van der Waals surface area (Å²) in [4.78, 5) is 14.5. The molecule has 118 valence electrons. The standard InChI is InChI=1S/C21H23NO/c1-2-3-4-11-16-21(23)22(17-19-12-7-5-8-13-19)18-20-14-9-6-10-15-20/h1,5-10,12-15H,3-4,11,16-18H2. The third-order valence-corrected chi connectivity index (χ3v) is 3.75. The minimum absolute atomic E-state index is 0.190. The Morgan fingerprint density at radius 3 is 1.87 bits per heavy atom. The SMILES string of the molecule is C#CCCCCC(=O)N(Cc1ccccc1)Cc1ccccc1. The molecule has 0 aliphatic rings. The first-order valence-corrected chi connectivity index (χ1v) is 8.08. The van der Waals surface area contributed by atoms with Crippen LogP contribution in [0, 0.1) is 12.3 Å². The van der Waals surface area contributed by atoms with Crippen molar-refractivity contribution in [3.05, 3.63) is 71.8 Å². The van der Waals surface area contributed by atoms with Gasteiger partial charge < -0.3 is 4.90 Å². The molecule has 2 aromatic carbocycles. The largest absolute Gasteiger partial charge is 0.334 e. The summed E-state index contributed by atoms with van der Waals surface area (Å²) in [6, 6.07) is 20.3. The van der Waals surface area contributed by atoms with E-state index in [1.807, 2.05) is 41.3 Å². The maximum absolute atomic E-state index is 12.6. The Kier molecular flexibility index (Phi) is 6.94. The average molecular weight is 305 g/mol. The quantitative estimate of drug-likeness (QED) is 0.522. The van der Waals surface area contributed by atoms with Gasteiger partial charge in [-0.25, -0.2) is 0 Å². The van der Waals surface area contributed by atoms with Crippen molar-refractivity contribution in [1.29, 1.82) is 0 Å². The number of rotatable bonds is 8. The van der Waals surface area contributed by atoms with Gasteiger partial charge >= 0.3 is 0 Å². The van der Waals surface area contributed by atoms with Gasteiger partial charge in [0.2, 0.25) is 5.91 Å². The summed E-state index contributed by atoms with van der Waals surface area (Å²) >= 11 is 0. The molecule has 1 amide bonds. The van der Waals surface area contributed by atoms with Gasteiger partial charge in [0.05, 0.1) is 0 Å². The number of amides is 1. The second-order valence-electron chi connectivity index (χ2n) is 5.63. The lowest BCUT2D eigenvalue weighted by molar-refractivity contribution is -0.132. The lowest BCUT2D eigenvalue weighted by Gasteiger charge is -2.23. The molecule has 0 unspecified atom stereocenters. The molecule has 0 bridgehead atoms. The van der Waals surface area contributed by atoms with E-state index in [0.29, 0.717) is 19.5 Å². The fourth-order valence-corrected chi connectivity index (χ4v) is 2.50. The van der Waals surface area contributed by atoms with E-state index in [0.717, 1.165) is 30.4 Å². The van der Waals surface area contributed by atoms with Gasteiger partial charge in [0.25, 0.3) is 0 Å². The summed E-state index contributed by atoms with van der Waals surface area (Å²) in [5.74, 6) is 2.81. The first-order chi connectivity index (χ1) is 11.3. The normalized spacial score (nSPS) is 10.0. The van der Waals surface area contributed by atoms with Crippen LogP contribution in [0.4, 0.5) is 0 Å². The molecular weight excluding hydrogens is 282 g/mol. The minimum Gasteiger partial charge on any atom is -0.334 e. The van der Waals surface area contributed by atoms with E-state index in [9.17, 15) is 4.79 Å². The lowest BCUT2D eigenvalue weighted by atomic mass is 10.1. The molecular formula is C21H23NO. The van der Waals surface area contributed by atoms with E-state index < -0.39 is 0 Å². The van der Waals surface area contributed by atoms with Gasteiger partial charge in [-0.2, -0.15) is 0 Å². The number of carbonyl (C=O) groups is 1. The summed E-state index contributed by atoms with van der Waals surface area (Å²) in [5.41, 5.74) is 2.31. The molecule has 2 heteroatoms. The smallest absolute Gasteiger partial charge is 0.223 e. The van der Waals surface area contributed by atoms with Gasteiger partial charge in [0.1, 0.15) is 0 Å². The molecule has 23 heavy (non-hydrogen) atoms. The lowest BCUT2D eigenvalue weighted by Crippen LogP contribution is -2.29. The van der Waals surface area contributed by atoms with E-state index in [2.05, 4.69) is 30.2 Å². The van der Waals surface area contributed by atoms with Crippen molar-refractivity contribution in [2.24, 2.45) is 0 Å². The maximum atomic E-state index is 12.6. The highest BCUT2D eigenvalue weighted by molar-refractivity contribution is 5.76. The number of terminal acetylenes is 1. The molecule has 2 aromatic rings. The minimum atomic E-state index is 0.190. The van der Waals surface area contributed by atoms with Crippen LogP contribution in [-0.4, -0.2) is 10.8 Å². The van der Waals surface area contributed by atoms with Crippen LogP contribution >= 0.6 is 0 Å². The Balaban J connectivity index is 2.01. The summed E-state index contributed by atoms with van der Waals surface area (Å²) in [6.45, 7) is 1.29. The van der Waals surface area contributed by atoms with Crippen molar-refractivity contribution >= 4 is 5.91 Å². The fourth-order valence-electron chi connectivity index (χ4n) is 2.50. The van der Waals surface area contributed by atoms with Gasteiger partial charge in [0, 0.05) is 25.9 Å². The Hall–Kier alpha value is -2.53. The van der Waals surface area contributed by atoms with E-state index in [-0.39, 0.29) is 5.91 Å². The van der Waals surface area contributed by atoms with Gasteiger partial charge in [-0.15, -0.1) is 12.3 Å². The molecule has 0 saturated carbocycles. The number of carbonyl (C=O) groups excluding carboxylic acids is 1. The van der Waals surface area contributed by atoms with Crippen LogP contribution in [0.5, 0.6) is 0 Å². The Morgan fingerprint density at radius 1 is 0.870 bits per heavy atom. The van der Waals surface area contributed by atoms with E-state index in [1.54, 1.807) is 0 Å². The molecule has 0 aliphatic carbocycles. The highest BCUT2D eigenvalue weighted by Crippen LogP contribution is 2.13. The van der Waals surface area contributed by atoms with E-state index in [4.69, 9.17) is 6.42 Å². The molecule has 0 spiro atoms. The zero-order chi connectivity index (χ0) is 16.3. The fraction of sp³-hybridized carbons (Fsp3) is 0.286. The molecule has 0 heterocycles. The van der Waals surface area contributed by atoms with E-state index >= 15 is 0 Å². The predicted molar refractivity (Wildman–Crippen MR) is 94.4 cm³/mol. The van der Waals surface area contributed by atoms with Gasteiger partial charge in [-0.1, -0.05) is 60.7 Å². The molecule has 0 atom stereocenters. The van der Waals surface area contributed by atoms with Crippen LogP contribution in [0.2, 0.25) is 0 Å². The van der Waals surface area contributed by atoms with Crippen LogP contribution < -0.4 is 0 Å². The van der Waals surface area contributed by atoms with Crippen molar-refractivity contribution in [3.63, 3.8) is 0 Å². The molecule has 0 aromatic heterocycles. The van der Waals surface area contributed by atoms with Crippen LogP contribution in [0.3, 0.4) is 0 Å². The first-order valence-electron chi connectivity index (χ1n) is 8.08. The van der Waals surface area contributed by atoms with Crippen molar-refractivity contribution in [3.8, 4) is 12.3 Å². The second-order valence-corrected chi connectivity index (χ2v) is 5.63. The first kappa shape index (κ1) is 16.8. The number of unbranched alkanes of at least 4 members (excludes halogenated alkanes) is 2. The molecule has 0 N–H and O–H groups in total. The number of hydrogen-bond acceptors (Lipinski definition) is 1. The number of hydrogen-bond donors (Lipinski definition) is 0. The Labute approximate surface area is 139 Å². The van der Waals surface area contributed by atoms with Gasteiger partial charge in [0.15, 0.2) is 0 Å². The van der Waals surface area contributed by atoms with Crippen molar-refractivity contribution in [2.75, 3.05) is 0 Å². The summed E-state index contributed by atoms with van der Waals surface area (Å²) < 4.78 is 0. The third-order valence-electron chi connectivity index (χ3n) is 3.75. The monoisotopic (exact) mass is 305 g/mol. The predicted octanol–water partition coefficient (Wildman–Crippen LogP) is 4.41.